The fraction of sp³-hybridized carbons (Fsp3) is 0.500. The highest BCUT2D eigenvalue weighted by Crippen LogP contribution is 2.26. The molecule has 0 aromatic heterocycles. The van der Waals surface area contributed by atoms with Crippen LogP contribution in [0.15, 0.2) is 24.3 Å². The maximum atomic E-state index is 12.2. The Balaban J connectivity index is 1.61. The molecule has 0 spiro atoms. The van der Waals surface area contributed by atoms with Crippen molar-refractivity contribution in [3.63, 3.8) is 0 Å². The number of carbonyl (C=O) groups excluding carboxylic acids is 1. The molecule has 2 bridgehead atoms. The van der Waals surface area contributed by atoms with Gasteiger partial charge in [-0.05, 0) is 30.5 Å². The smallest absolute Gasteiger partial charge is 0.322 e. The first-order chi connectivity index (χ1) is 9.24. The number of nitrogens with one attached hydrogen (secondary N) is 1. The maximum Gasteiger partial charge on any atom is 0.322 e. The van der Waals surface area contributed by atoms with Gasteiger partial charge in [0, 0.05) is 25.3 Å². The van der Waals surface area contributed by atoms with Crippen LogP contribution in [0.2, 0.25) is 0 Å². The normalized spacial score (nSPS) is 25.4. The number of amides is 2. The molecular formula is C14H19N3O2. The highest BCUT2D eigenvalue weighted by Gasteiger charge is 2.35. The second kappa shape index (κ2) is 5.19. The number of nitrogens with zero attached hydrogens (tertiary/aromatic N) is 1. The Morgan fingerprint density at radius 2 is 1.89 bits per heavy atom. The van der Waals surface area contributed by atoms with Crippen LogP contribution < -0.4 is 11.1 Å². The molecule has 0 saturated carbocycles. The number of benzene rings is 1. The van der Waals surface area contributed by atoms with Crippen molar-refractivity contribution in [1.82, 2.24) is 4.90 Å². The monoisotopic (exact) mass is 261 g/mol. The van der Waals surface area contributed by atoms with Gasteiger partial charge in [-0.2, -0.15) is 0 Å². The summed E-state index contributed by atoms with van der Waals surface area (Å²) in [5.74, 6) is 0. The predicted octanol–water partition coefficient (Wildman–Crippen LogP) is 1.54. The van der Waals surface area contributed by atoms with Crippen molar-refractivity contribution < 1.29 is 9.53 Å². The molecule has 2 saturated heterocycles. The third kappa shape index (κ3) is 2.72. The zero-order chi connectivity index (χ0) is 13.2. The average Bonchev–Trinajstić information content (AvgIpc) is 2.78. The predicted molar refractivity (Wildman–Crippen MR) is 72.8 cm³/mol. The van der Waals surface area contributed by atoms with E-state index in [0.29, 0.717) is 19.6 Å². The number of hydrogen-bond donors (Lipinski definition) is 2. The van der Waals surface area contributed by atoms with E-state index in [1.807, 2.05) is 29.2 Å². The van der Waals surface area contributed by atoms with Crippen LogP contribution in [0.4, 0.5) is 10.5 Å². The summed E-state index contributed by atoms with van der Waals surface area (Å²) in [7, 11) is 0. The van der Waals surface area contributed by atoms with E-state index in [0.717, 1.165) is 24.1 Å². The molecule has 5 heteroatoms. The molecule has 3 N–H and O–H groups in total. The van der Waals surface area contributed by atoms with Crippen molar-refractivity contribution in [3.05, 3.63) is 29.8 Å². The van der Waals surface area contributed by atoms with Gasteiger partial charge in [0.25, 0.3) is 0 Å². The van der Waals surface area contributed by atoms with Crippen molar-refractivity contribution in [2.24, 2.45) is 5.73 Å². The van der Waals surface area contributed by atoms with Crippen LogP contribution in [0.3, 0.4) is 0 Å². The number of rotatable bonds is 2. The standard InChI is InChI=1S/C14H19N3O2/c15-7-10-1-3-11(4-2-10)16-14(18)17-8-12-5-6-13(9-17)19-12/h1-4,12-13H,5-9,15H2,(H,16,18). The second-order valence-corrected chi connectivity index (χ2v) is 5.19. The Bertz CT molecular complexity index is 448. The van der Waals surface area contributed by atoms with E-state index in [4.69, 9.17) is 10.5 Å². The van der Waals surface area contributed by atoms with Crippen molar-refractivity contribution in [2.75, 3.05) is 18.4 Å². The molecule has 5 nitrogen and oxygen atoms in total. The Morgan fingerprint density at radius 1 is 1.26 bits per heavy atom. The van der Waals surface area contributed by atoms with Gasteiger partial charge in [-0.3, -0.25) is 0 Å². The van der Waals surface area contributed by atoms with E-state index in [1.165, 1.54) is 0 Å². The average molecular weight is 261 g/mol. The molecule has 0 aliphatic carbocycles. The van der Waals surface area contributed by atoms with E-state index in [1.54, 1.807) is 0 Å². The molecule has 2 amide bonds. The minimum absolute atomic E-state index is 0.0410. The second-order valence-electron chi connectivity index (χ2n) is 5.19. The molecule has 19 heavy (non-hydrogen) atoms. The van der Waals surface area contributed by atoms with Crippen molar-refractivity contribution >= 4 is 11.7 Å². The van der Waals surface area contributed by atoms with Crippen LogP contribution in [0.1, 0.15) is 18.4 Å². The van der Waals surface area contributed by atoms with E-state index in [-0.39, 0.29) is 18.2 Å². The molecule has 0 radical (unpaired) electrons. The number of fused-ring (bicyclic) bond motifs is 2. The molecule has 3 rings (SSSR count). The number of anilines is 1. The summed E-state index contributed by atoms with van der Waals surface area (Å²) in [6.45, 7) is 1.91. The summed E-state index contributed by atoms with van der Waals surface area (Å²) in [4.78, 5) is 14.0. The first-order valence-corrected chi connectivity index (χ1v) is 6.75. The lowest BCUT2D eigenvalue weighted by Gasteiger charge is -2.32. The van der Waals surface area contributed by atoms with E-state index < -0.39 is 0 Å². The lowest BCUT2D eigenvalue weighted by molar-refractivity contribution is -0.0219. The summed E-state index contributed by atoms with van der Waals surface area (Å²) < 4.78 is 5.72. The van der Waals surface area contributed by atoms with Crippen molar-refractivity contribution in [1.29, 1.82) is 0 Å². The molecule has 2 fully saturated rings. The van der Waals surface area contributed by atoms with Crippen LogP contribution in [-0.2, 0) is 11.3 Å². The highest BCUT2D eigenvalue weighted by molar-refractivity contribution is 5.89. The van der Waals surface area contributed by atoms with Crippen molar-refractivity contribution in [3.8, 4) is 0 Å². The Morgan fingerprint density at radius 3 is 2.47 bits per heavy atom. The van der Waals surface area contributed by atoms with Crippen LogP contribution >= 0.6 is 0 Å². The highest BCUT2D eigenvalue weighted by atomic mass is 16.5. The van der Waals surface area contributed by atoms with Crippen LogP contribution in [-0.4, -0.2) is 36.2 Å². The van der Waals surface area contributed by atoms with E-state index in [2.05, 4.69) is 5.32 Å². The first-order valence-electron chi connectivity index (χ1n) is 6.75. The summed E-state index contributed by atoms with van der Waals surface area (Å²) in [6, 6.07) is 7.59. The van der Waals surface area contributed by atoms with Gasteiger partial charge < -0.3 is 20.7 Å². The van der Waals surface area contributed by atoms with Gasteiger partial charge in [0.2, 0.25) is 0 Å². The summed E-state index contributed by atoms with van der Waals surface area (Å²) in [6.07, 6.45) is 2.59. The lowest BCUT2D eigenvalue weighted by atomic mass is 10.2. The largest absolute Gasteiger partial charge is 0.371 e. The SMILES string of the molecule is NCc1ccc(NC(=O)N2CC3CCC(C2)O3)cc1. The number of urea groups is 1. The van der Waals surface area contributed by atoms with Crippen molar-refractivity contribution in [2.45, 2.75) is 31.6 Å². The number of likely N-dealkylation sites (tertiary alicyclic amines) is 1. The summed E-state index contributed by atoms with van der Waals surface area (Å²) >= 11 is 0. The molecular weight excluding hydrogens is 242 g/mol. The van der Waals surface area contributed by atoms with Gasteiger partial charge in [-0.15, -0.1) is 0 Å². The quantitative estimate of drug-likeness (QED) is 0.848. The Labute approximate surface area is 112 Å². The minimum atomic E-state index is -0.0410. The number of morpholine rings is 1. The maximum absolute atomic E-state index is 12.2. The first kappa shape index (κ1) is 12.4. The van der Waals surface area contributed by atoms with Gasteiger partial charge in [0.05, 0.1) is 12.2 Å². The molecule has 2 atom stereocenters. The van der Waals surface area contributed by atoms with Crippen LogP contribution in [0.25, 0.3) is 0 Å². The Hall–Kier alpha value is -1.59. The van der Waals surface area contributed by atoms with Gasteiger partial charge in [-0.1, -0.05) is 12.1 Å². The van der Waals surface area contributed by atoms with Gasteiger partial charge in [0.15, 0.2) is 0 Å². The fourth-order valence-electron chi connectivity index (χ4n) is 2.71. The molecule has 2 aliphatic rings. The number of hydrogen-bond acceptors (Lipinski definition) is 3. The van der Waals surface area contributed by atoms with Gasteiger partial charge >= 0.3 is 6.03 Å². The fourth-order valence-corrected chi connectivity index (χ4v) is 2.71. The topological polar surface area (TPSA) is 67.6 Å². The molecule has 102 valence electrons. The Kier molecular flexibility index (Phi) is 3.40. The third-order valence-electron chi connectivity index (χ3n) is 3.77. The number of carbonyl (C=O) groups is 1. The zero-order valence-electron chi connectivity index (χ0n) is 10.8. The summed E-state index contributed by atoms with van der Waals surface area (Å²) in [5.41, 5.74) is 7.41. The third-order valence-corrected chi connectivity index (χ3v) is 3.77. The van der Waals surface area contributed by atoms with Crippen LogP contribution in [0, 0.1) is 0 Å². The molecule has 2 heterocycles. The lowest BCUT2D eigenvalue weighted by Crippen LogP contribution is -2.47. The van der Waals surface area contributed by atoms with E-state index >= 15 is 0 Å². The molecule has 2 unspecified atom stereocenters. The number of ether oxygens (including phenoxy) is 1. The van der Waals surface area contributed by atoms with Gasteiger partial charge in [-0.25, -0.2) is 4.79 Å². The van der Waals surface area contributed by atoms with E-state index in [9.17, 15) is 4.79 Å². The van der Waals surface area contributed by atoms with Gasteiger partial charge in [0.1, 0.15) is 0 Å². The summed E-state index contributed by atoms with van der Waals surface area (Å²) in [5, 5.41) is 2.92. The molecule has 1 aromatic rings. The number of nitrogens with two attached hydrogens (primary N) is 1. The van der Waals surface area contributed by atoms with Crippen LogP contribution in [0.5, 0.6) is 0 Å². The zero-order valence-corrected chi connectivity index (χ0v) is 10.8. The minimum Gasteiger partial charge on any atom is -0.371 e. The molecule has 2 aliphatic heterocycles. The molecule has 1 aromatic carbocycles.